The summed E-state index contributed by atoms with van der Waals surface area (Å²) >= 11 is 0. The zero-order valence-electron chi connectivity index (χ0n) is 9.89. The van der Waals surface area contributed by atoms with Crippen LogP contribution >= 0.6 is 0 Å². The molecule has 1 aromatic carbocycles. The molecule has 0 fully saturated rings. The topological polar surface area (TPSA) is 33.0 Å². The highest BCUT2D eigenvalue weighted by Gasteiger charge is 2.28. The number of ether oxygens (including phenoxy) is 1. The van der Waals surface area contributed by atoms with Crippen molar-refractivity contribution in [1.29, 1.82) is 5.26 Å². The Morgan fingerprint density at radius 1 is 1.35 bits per heavy atom. The number of allylic oxidation sites excluding steroid dienone is 2. The van der Waals surface area contributed by atoms with Crippen molar-refractivity contribution in [2.45, 2.75) is 18.9 Å². The van der Waals surface area contributed by atoms with E-state index in [4.69, 9.17) is 4.74 Å². The minimum atomic E-state index is -0.771. The molecule has 0 bridgehead atoms. The van der Waals surface area contributed by atoms with Gasteiger partial charge in [-0.05, 0) is 24.1 Å². The Morgan fingerprint density at radius 2 is 2.12 bits per heavy atom. The van der Waals surface area contributed by atoms with E-state index in [0.717, 1.165) is 5.57 Å². The molecule has 1 atom stereocenters. The number of rotatable bonds is 3. The van der Waals surface area contributed by atoms with E-state index in [-0.39, 0.29) is 0 Å². The van der Waals surface area contributed by atoms with E-state index in [1.165, 1.54) is 5.56 Å². The SMILES string of the molecule is CCOC1(C#N)C=CC(c2ccccc2)=CC1. The van der Waals surface area contributed by atoms with Gasteiger partial charge in [0.05, 0.1) is 0 Å². The van der Waals surface area contributed by atoms with Crippen molar-refractivity contribution in [2.24, 2.45) is 0 Å². The van der Waals surface area contributed by atoms with Gasteiger partial charge in [0, 0.05) is 13.0 Å². The average Bonchev–Trinajstić information content (AvgIpc) is 2.41. The summed E-state index contributed by atoms with van der Waals surface area (Å²) in [6, 6.07) is 12.4. The van der Waals surface area contributed by atoms with E-state index in [2.05, 4.69) is 24.3 Å². The third kappa shape index (κ3) is 2.46. The average molecular weight is 225 g/mol. The fourth-order valence-electron chi connectivity index (χ4n) is 1.95. The second-order valence-electron chi connectivity index (χ2n) is 4.00. The van der Waals surface area contributed by atoms with Gasteiger partial charge in [-0.25, -0.2) is 0 Å². The molecule has 0 aromatic heterocycles. The van der Waals surface area contributed by atoms with Crippen LogP contribution in [0.4, 0.5) is 0 Å². The maximum Gasteiger partial charge on any atom is 0.176 e. The Kier molecular flexibility index (Phi) is 3.41. The molecule has 1 aliphatic rings. The summed E-state index contributed by atoms with van der Waals surface area (Å²) in [5.74, 6) is 0. The minimum Gasteiger partial charge on any atom is -0.356 e. The largest absolute Gasteiger partial charge is 0.356 e. The van der Waals surface area contributed by atoms with Crippen molar-refractivity contribution in [1.82, 2.24) is 0 Å². The van der Waals surface area contributed by atoms with Gasteiger partial charge in [-0.3, -0.25) is 0 Å². The summed E-state index contributed by atoms with van der Waals surface area (Å²) in [5.41, 5.74) is 1.55. The molecule has 0 N–H and O–H groups in total. The van der Waals surface area contributed by atoms with Crippen LogP contribution in [0.15, 0.2) is 48.6 Å². The van der Waals surface area contributed by atoms with E-state index in [9.17, 15) is 5.26 Å². The highest BCUT2D eigenvalue weighted by molar-refractivity contribution is 5.75. The van der Waals surface area contributed by atoms with Crippen molar-refractivity contribution in [2.75, 3.05) is 6.61 Å². The maximum atomic E-state index is 9.17. The second-order valence-corrected chi connectivity index (χ2v) is 4.00. The zero-order valence-corrected chi connectivity index (χ0v) is 9.89. The van der Waals surface area contributed by atoms with Crippen LogP contribution in [-0.4, -0.2) is 12.2 Å². The molecule has 0 saturated carbocycles. The number of hydrogen-bond donors (Lipinski definition) is 0. The van der Waals surface area contributed by atoms with Gasteiger partial charge in [-0.15, -0.1) is 0 Å². The smallest absolute Gasteiger partial charge is 0.176 e. The Balaban J connectivity index is 2.19. The van der Waals surface area contributed by atoms with Crippen LogP contribution in [0.3, 0.4) is 0 Å². The summed E-state index contributed by atoms with van der Waals surface area (Å²) in [6.07, 6.45) is 6.50. The van der Waals surface area contributed by atoms with E-state index in [0.29, 0.717) is 13.0 Å². The Labute approximate surface area is 102 Å². The van der Waals surface area contributed by atoms with Gasteiger partial charge in [0.2, 0.25) is 0 Å². The van der Waals surface area contributed by atoms with Gasteiger partial charge in [0.1, 0.15) is 6.07 Å². The molecule has 1 aliphatic carbocycles. The first kappa shape index (κ1) is 11.6. The summed E-state index contributed by atoms with van der Waals surface area (Å²) < 4.78 is 5.51. The molecular weight excluding hydrogens is 210 g/mol. The van der Waals surface area contributed by atoms with Crippen molar-refractivity contribution in [3.8, 4) is 6.07 Å². The van der Waals surface area contributed by atoms with Gasteiger partial charge < -0.3 is 4.74 Å². The van der Waals surface area contributed by atoms with Crippen LogP contribution in [-0.2, 0) is 4.74 Å². The molecule has 0 amide bonds. The molecule has 1 aromatic rings. The number of nitriles is 1. The van der Waals surface area contributed by atoms with Crippen LogP contribution in [0, 0.1) is 11.3 Å². The van der Waals surface area contributed by atoms with Crippen LogP contribution in [0.25, 0.3) is 5.57 Å². The first-order valence-electron chi connectivity index (χ1n) is 5.80. The highest BCUT2D eigenvalue weighted by Crippen LogP contribution is 2.28. The number of hydrogen-bond acceptors (Lipinski definition) is 2. The molecular formula is C15H15NO. The standard InChI is InChI=1S/C15H15NO/c1-2-17-15(12-16)10-8-14(9-11-15)13-6-4-3-5-7-13/h3-10H,2,11H2,1H3. The van der Waals surface area contributed by atoms with Gasteiger partial charge in [-0.2, -0.15) is 5.26 Å². The van der Waals surface area contributed by atoms with Crippen LogP contribution < -0.4 is 0 Å². The molecule has 0 aliphatic heterocycles. The molecule has 1 unspecified atom stereocenters. The predicted molar refractivity (Wildman–Crippen MR) is 68.1 cm³/mol. The zero-order chi connectivity index (χ0) is 12.1. The lowest BCUT2D eigenvalue weighted by atomic mass is 9.90. The molecule has 17 heavy (non-hydrogen) atoms. The fourth-order valence-corrected chi connectivity index (χ4v) is 1.95. The molecule has 86 valence electrons. The molecule has 2 rings (SSSR count). The molecule has 0 spiro atoms. The number of benzene rings is 1. The molecule has 2 heteroatoms. The van der Waals surface area contributed by atoms with Crippen LogP contribution in [0.5, 0.6) is 0 Å². The first-order valence-corrected chi connectivity index (χ1v) is 5.80. The molecule has 0 heterocycles. The van der Waals surface area contributed by atoms with E-state index in [1.54, 1.807) is 0 Å². The van der Waals surface area contributed by atoms with Crippen LogP contribution in [0.2, 0.25) is 0 Å². The van der Waals surface area contributed by atoms with Crippen molar-refractivity contribution in [3.63, 3.8) is 0 Å². The molecule has 0 radical (unpaired) electrons. The quantitative estimate of drug-likeness (QED) is 0.790. The van der Waals surface area contributed by atoms with Gasteiger partial charge in [0.15, 0.2) is 5.60 Å². The first-order chi connectivity index (χ1) is 8.29. The van der Waals surface area contributed by atoms with Crippen molar-refractivity contribution < 1.29 is 4.74 Å². The van der Waals surface area contributed by atoms with Gasteiger partial charge >= 0.3 is 0 Å². The Bertz CT molecular complexity index is 481. The third-order valence-electron chi connectivity index (χ3n) is 2.86. The van der Waals surface area contributed by atoms with Gasteiger partial charge in [0.25, 0.3) is 0 Å². The summed E-state index contributed by atoms with van der Waals surface area (Å²) in [7, 11) is 0. The van der Waals surface area contributed by atoms with E-state index in [1.807, 2.05) is 37.3 Å². The highest BCUT2D eigenvalue weighted by atomic mass is 16.5. The third-order valence-corrected chi connectivity index (χ3v) is 2.86. The summed E-state index contributed by atoms with van der Waals surface area (Å²) in [4.78, 5) is 0. The van der Waals surface area contributed by atoms with Crippen molar-refractivity contribution >= 4 is 5.57 Å². The Hall–Kier alpha value is -1.85. The molecule has 2 nitrogen and oxygen atoms in total. The lowest BCUT2D eigenvalue weighted by molar-refractivity contribution is 0.0441. The minimum absolute atomic E-state index is 0.548. The summed E-state index contributed by atoms with van der Waals surface area (Å²) in [6.45, 7) is 2.45. The Morgan fingerprint density at radius 3 is 2.65 bits per heavy atom. The normalized spacial score (nSPS) is 22.9. The second kappa shape index (κ2) is 4.99. The number of nitrogens with zero attached hydrogens (tertiary/aromatic N) is 1. The molecule has 0 saturated heterocycles. The fraction of sp³-hybridized carbons (Fsp3) is 0.267. The van der Waals surface area contributed by atoms with E-state index >= 15 is 0 Å². The summed E-state index contributed by atoms with van der Waals surface area (Å²) in [5, 5.41) is 9.17. The van der Waals surface area contributed by atoms with Crippen LogP contribution in [0.1, 0.15) is 18.9 Å². The van der Waals surface area contributed by atoms with Gasteiger partial charge in [-0.1, -0.05) is 42.5 Å². The van der Waals surface area contributed by atoms with Crippen molar-refractivity contribution in [3.05, 3.63) is 54.1 Å². The predicted octanol–water partition coefficient (Wildman–Crippen LogP) is 3.33. The maximum absolute atomic E-state index is 9.17. The lowest BCUT2D eigenvalue weighted by Gasteiger charge is -2.24. The lowest BCUT2D eigenvalue weighted by Crippen LogP contribution is -2.29. The monoisotopic (exact) mass is 225 g/mol. The van der Waals surface area contributed by atoms with E-state index < -0.39 is 5.60 Å².